The van der Waals surface area contributed by atoms with Gasteiger partial charge < -0.3 is 9.47 Å². The molecule has 0 radical (unpaired) electrons. The molecule has 0 N–H and O–H groups in total. The molecule has 4 heteroatoms. The van der Waals surface area contributed by atoms with Crippen molar-refractivity contribution in [2.75, 3.05) is 13.7 Å². The summed E-state index contributed by atoms with van der Waals surface area (Å²) in [5, 5.41) is 0. The second-order valence-corrected chi connectivity index (χ2v) is 7.85. The minimum absolute atomic E-state index is 0.0187. The highest BCUT2D eigenvalue weighted by Gasteiger charge is 2.51. The predicted molar refractivity (Wildman–Crippen MR) is 84.4 cm³/mol. The van der Waals surface area contributed by atoms with E-state index in [-0.39, 0.29) is 23.4 Å². The molecule has 0 bridgehead atoms. The summed E-state index contributed by atoms with van der Waals surface area (Å²) in [6.07, 6.45) is 5.15. The second-order valence-electron chi connectivity index (χ2n) is 7.85. The van der Waals surface area contributed by atoms with E-state index in [1.165, 1.54) is 0 Å². The Labute approximate surface area is 133 Å². The molecule has 0 spiro atoms. The van der Waals surface area contributed by atoms with Gasteiger partial charge in [0.2, 0.25) is 0 Å². The number of ketones is 1. The molecular weight excluding hydrogens is 280 g/mol. The van der Waals surface area contributed by atoms with Gasteiger partial charge in [-0.25, -0.2) is 0 Å². The molecule has 0 saturated heterocycles. The van der Waals surface area contributed by atoms with E-state index in [9.17, 15) is 9.59 Å². The number of hydrogen-bond donors (Lipinski definition) is 0. The number of allylic oxidation sites excluding steroid dienone is 1. The van der Waals surface area contributed by atoms with Crippen LogP contribution in [0.1, 0.15) is 53.4 Å². The predicted octanol–water partition coefficient (Wildman–Crippen LogP) is 3.30. The van der Waals surface area contributed by atoms with E-state index < -0.39 is 5.41 Å². The summed E-state index contributed by atoms with van der Waals surface area (Å²) in [6, 6.07) is 0. The van der Waals surface area contributed by atoms with Crippen LogP contribution in [0, 0.1) is 16.7 Å². The first-order valence-corrected chi connectivity index (χ1v) is 8.09. The van der Waals surface area contributed by atoms with Gasteiger partial charge in [0.1, 0.15) is 12.4 Å². The van der Waals surface area contributed by atoms with Crippen LogP contribution in [-0.4, -0.2) is 31.6 Å². The first kappa shape index (κ1) is 17.2. The monoisotopic (exact) mass is 308 g/mol. The lowest BCUT2D eigenvalue weighted by Crippen LogP contribution is -2.31. The maximum absolute atomic E-state index is 12.4. The second kappa shape index (κ2) is 6.15. The third kappa shape index (κ3) is 3.27. The van der Waals surface area contributed by atoms with E-state index in [0.29, 0.717) is 18.8 Å². The third-order valence-electron chi connectivity index (χ3n) is 5.22. The van der Waals surface area contributed by atoms with Crippen molar-refractivity contribution in [1.29, 1.82) is 0 Å². The van der Waals surface area contributed by atoms with Crippen molar-refractivity contribution in [2.45, 2.75) is 59.5 Å². The van der Waals surface area contributed by atoms with Crippen molar-refractivity contribution >= 4 is 11.8 Å². The van der Waals surface area contributed by atoms with Crippen LogP contribution in [0.2, 0.25) is 0 Å². The molecule has 0 aromatic heterocycles. The van der Waals surface area contributed by atoms with Crippen molar-refractivity contribution in [3.8, 4) is 0 Å². The Hall–Kier alpha value is -1.16. The lowest BCUT2D eigenvalue weighted by atomic mass is 9.74. The Morgan fingerprint density at radius 2 is 2.09 bits per heavy atom. The molecule has 0 unspecified atom stereocenters. The van der Waals surface area contributed by atoms with Crippen LogP contribution in [0.25, 0.3) is 0 Å². The van der Waals surface area contributed by atoms with Gasteiger partial charge in [-0.1, -0.05) is 13.0 Å². The molecule has 0 heterocycles. The molecule has 0 aromatic rings. The van der Waals surface area contributed by atoms with E-state index in [2.05, 4.69) is 13.0 Å². The highest BCUT2D eigenvalue weighted by atomic mass is 16.5. The molecule has 4 nitrogen and oxygen atoms in total. The fourth-order valence-electron chi connectivity index (χ4n) is 3.48. The normalized spacial score (nSPS) is 32.2. The third-order valence-corrected chi connectivity index (χ3v) is 5.22. The smallest absolute Gasteiger partial charge is 0.311 e. The van der Waals surface area contributed by atoms with E-state index in [0.717, 1.165) is 24.8 Å². The topological polar surface area (TPSA) is 52.6 Å². The van der Waals surface area contributed by atoms with E-state index in [1.807, 2.05) is 20.8 Å². The van der Waals surface area contributed by atoms with Gasteiger partial charge in [0.15, 0.2) is 0 Å². The number of methoxy groups -OCH3 is 1. The number of fused-ring (bicyclic) bond motifs is 1. The Bertz CT molecular complexity index is 486. The molecule has 2 aliphatic rings. The zero-order chi connectivity index (χ0) is 16.5. The molecule has 1 fully saturated rings. The van der Waals surface area contributed by atoms with Crippen LogP contribution in [-0.2, 0) is 19.1 Å². The molecule has 0 aliphatic heterocycles. The van der Waals surface area contributed by atoms with Gasteiger partial charge in [-0.2, -0.15) is 0 Å². The van der Waals surface area contributed by atoms with Crippen LogP contribution in [0.4, 0.5) is 0 Å². The van der Waals surface area contributed by atoms with E-state index in [1.54, 1.807) is 7.11 Å². The molecule has 22 heavy (non-hydrogen) atoms. The van der Waals surface area contributed by atoms with Crippen LogP contribution in [0.3, 0.4) is 0 Å². The van der Waals surface area contributed by atoms with Crippen molar-refractivity contribution in [3.05, 3.63) is 11.6 Å². The lowest BCUT2D eigenvalue weighted by Gasteiger charge is -2.30. The fourth-order valence-corrected chi connectivity index (χ4v) is 3.48. The summed E-state index contributed by atoms with van der Waals surface area (Å²) < 4.78 is 10.9. The molecule has 0 aromatic carbocycles. The summed E-state index contributed by atoms with van der Waals surface area (Å²) in [5.74, 6) is 0.362. The largest absolute Gasteiger partial charge is 0.461 e. The van der Waals surface area contributed by atoms with E-state index in [4.69, 9.17) is 9.47 Å². The number of ether oxygens (including phenoxy) is 2. The van der Waals surface area contributed by atoms with Gasteiger partial charge in [0, 0.05) is 24.9 Å². The van der Waals surface area contributed by atoms with Crippen LogP contribution >= 0.6 is 0 Å². The molecule has 2 aliphatic carbocycles. The quantitative estimate of drug-likeness (QED) is 0.593. The van der Waals surface area contributed by atoms with Gasteiger partial charge in [0.05, 0.1) is 11.5 Å². The zero-order valence-corrected chi connectivity index (χ0v) is 14.4. The van der Waals surface area contributed by atoms with E-state index >= 15 is 0 Å². The Morgan fingerprint density at radius 1 is 1.41 bits per heavy atom. The Morgan fingerprint density at radius 3 is 2.68 bits per heavy atom. The number of esters is 1. The first-order valence-electron chi connectivity index (χ1n) is 8.09. The van der Waals surface area contributed by atoms with Crippen LogP contribution < -0.4 is 0 Å². The Kier molecular flexibility index (Phi) is 4.81. The number of hydrogen-bond acceptors (Lipinski definition) is 4. The van der Waals surface area contributed by atoms with Gasteiger partial charge in [-0.15, -0.1) is 0 Å². The van der Waals surface area contributed by atoms with Gasteiger partial charge in [-0.3, -0.25) is 9.59 Å². The molecule has 3 atom stereocenters. The van der Waals surface area contributed by atoms with Crippen LogP contribution in [0.5, 0.6) is 0 Å². The molecule has 124 valence electrons. The maximum atomic E-state index is 12.4. The molecule has 0 amide bonds. The Balaban J connectivity index is 2.02. The summed E-state index contributed by atoms with van der Waals surface area (Å²) >= 11 is 0. The summed E-state index contributed by atoms with van der Waals surface area (Å²) in [7, 11) is 1.68. The average Bonchev–Trinajstić information content (AvgIpc) is 2.58. The molecular formula is C18H28O4. The minimum Gasteiger partial charge on any atom is -0.461 e. The number of carbonyl (C=O) groups is 2. The van der Waals surface area contributed by atoms with Crippen LogP contribution in [0.15, 0.2) is 11.6 Å². The van der Waals surface area contributed by atoms with Crippen molar-refractivity contribution < 1.29 is 19.1 Å². The molecule has 1 saturated carbocycles. The van der Waals surface area contributed by atoms with Crippen molar-refractivity contribution in [1.82, 2.24) is 0 Å². The van der Waals surface area contributed by atoms with Crippen molar-refractivity contribution in [2.24, 2.45) is 16.7 Å². The average molecular weight is 308 g/mol. The SMILES string of the molecule is CO[C@H]1CC(=O)[C@@]2(C)CCC(COC(=O)C(C)(C)C)=CC[C@H]12. The summed E-state index contributed by atoms with van der Waals surface area (Å²) in [4.78, 5) is 24.2. The summed E-state index contributed by atoms with van der Waals surface area (Å²) in [6.45, 7) is 7.96. The highest BCUT2D eigenvalue weighted by molar-refractivity contribution is 5.88. The van der Waals surface area contributed by atoms with Gasteiger partial charge >= 0.3 is 5.97 Å². The number of Topliss-reactive ketones (excluding diaryl/α,β-unsaturated/α-hetero) is 1. The zero-order valence-electron chi connectivity index (χ0n) is 14.4. The standard InChI is InChI=1S/C18H28O4/c1-17(2,3)16(20)22-11-12-6-7-13-14(21-5)10-15(19)18(13,4)9-8-12/h6,13-14H,7-11H2,1-5H3/t13-,14+,18+/m1/s1. The maximum Gasteiger partial charge on any atom is 0.311 e. The molecule has 2 rings (SSSR count). The summed E-state index contributed by atoms with van der Waals surface area (Å²) in [5.41, 5.74) is 0.341. The number of rotatable bonds is 3. The fraction of sp³-hybridized carbons (Fsp3) is 0.778. The van der Waals surface area contributed by atoms with Gasteiger partial charge in [-0.05, 0) is 45.6 Å². The van der Waals surface area contributed by atoms with Gasteiger partial charge in [0.25, 0.3) is 0 Å². The highest BCUT2D eigenvalue weighted by Crippen LogP contribution is 2.49. The van der Waals surface area contributed by atoms with Crippen molar-refractivity contribution in [3.63, 3.8) is 0 Å². The first-order chi connectivity index (χ1) is 10.2. The minimum atomic E-state index is -0.481. The number of carbonyl (C=O) groups excluding carboxylic acids is 2. The lowest BCUT2D eigenvalue weighted by molar-refractivity contribution is -0.152.